The monoisotopic (exact) mass is 336 g/mol. The molecule has 0 aliphatic heterocycles. The number of amides is 1. The molecule has 1 aromatic heterocycles. The van der Waals surface area contributed by atoms with Gasteiger partial charge < -0.3 is 15.0 Å². The maximum Gasteiger partial charge on any atom is 0.328 e. The summed E-state index contributed by atoms with van der Waals surface area (Å²) in [6.45, 7) is 0. The molecule has 128 valence electrons. The van der Waals surface area contributed by atoms with E-state index in [2.05, 4.69) is 10.3 Å². The number of aromatic nitrogens is 1. The van der Waals surface area contributed by atoms with Crippen LogP contribution in [0.15, 0.2) is 60.8 Å². The van der Waals surface area contributed by atoms with Gasteiger partial charge in [-0.15, -0.1) is 0 Å². The summed E-state index contributed by atoms with van der Waals surface area (Å²) in [7, 11) is 1.33. The third-order valence-electron chi connectivity index (χ3n) is 4.13. The van der Waals surface area contributed by atoms with Crippen molar-refractivity contribution in [2.45, 2.75) is 18.9 Å². The van der Waals surface area contributed by atoms with Crippen LogP contribution in [0.5, 0.6) is 0 Å². The van der Waals surface area contributed by atoms with Crippen LogP contribution in [0.25, 0.3) is 10.9 Å². The second kappa shape index (κ2) is 7.66. The van der Waals surface area contributed by atoms with Gasteiger partial charge in [-0.25, -0.2) is 4.79 Å². The highest BCUT2D eigenvalue weighted by atomic mass is 16.5. The first-order chi connectivity index (χ1) is 12.2. The van der Waals surface area contributed by atoms with Crippen molar-refractivity contribution < 1.29 is 14.3 Å². The lowest BCUT2D eigenvalue weighted by atomic mass is 10.1. The molecule has 0 saturated carbocycles. The van der Waals surface area contributed by atoms with Crippen molar-refractivity contribution in [3.05, 3.63) is 71.9 Å². The Balaban J connectivity index is 1.70. The van der Waals surface area contributed by atoms with Gasteiger partial charge in [-0.2, -0.15) is 0 Å². The molecule has 1 heterocycles. The van der Waals surface area contributed by atoms with Crippen LogP contribution in [0.3, 0.4) is 0 Å². The van der Waals surface area contributed by atoms with Gasteiger partial charge in [0.15, 0.2) is 0 Å². The van der Waals surface area contributed by atoms with E-state index in [0.29, 0.717) is 6.42 Å². The highest BCUT2D eigenvalue weighted by molar-refractivity contribution is 5.90. The number of fused-ring (bicyclic) bond motifs is 1. The van der Waals surface area contributed by atoms with Crippen LogP contribution in [0.4, 0.5) is 0 Å². The van der Waals surface area contributed by atoms with Crippen molar-refractivity contribution in [3.63, 3.8) is 0 Å². The van der Waals surface area contributed by atoms with Gasteiger partial charge in [-0.3, -0.25) is 4.79 Å². The number of rotatable bonds is 6. The van der Waals surface area contributed by atoms with E-state index in [1.165, 1.54) is 7.11 Å². The van der Waals surface area contributed by atoms with Crippen LogP contribution in [0.1, 0.15) is 11.1 Å². The van der Waals surface area contributed by atoms with E-state index in [1.54, 1.807) is 0 Å². The van der Waals surface area contributed by atoms with Crippen molar-refractivity contribution in [3.8, 4) is 0 Å². The first-order valence-electron chi connectivity index (χ1n) is 8.13. The Morgan fingerprint density at radius 2 is 1.80 bits per heavy atom. The molecule has 2 aromatic carbocycles. The Morgan fingerprint density at radius 3 is 2.56 bits per heavy atom. The second-order valence-electron chi connectivity index (χ2n) is 5.87. The first-order valence-corrected chi connectivity index (χ1v) is 8.13. The molecule has 0 spiro atoms. The lowest BCUT2D eigenvalue weighted by Crippen LogP contribution is -2.43. The predicted octanol–water partition coefficient (Wildman–Crippen LogP) is 2.61. The molecule has 3 aromatic rings. The first kappa shape index (κ1) is 16.8. The van der Waals surface area contributed by atoms with Crippen LogP contribution in [0, 0.1) is 0 Å². The Morgan fingerprint density at radius 1 is 1.08 bits per heavy atom. The summed E-state index contributed by atoms with van der Waals surface area (Å²) in [5.74, 6) is -0.660. The molecule has 0 radical (unpaired) electrons. The number of carbonyl (C=O) groups is 2. The summed E-state index contributed by atoms with van der Waals surface area (Å²) < 4.78 is 4.83. The van der Waals surface area contributed by atoms with Gasteiger partial charge in [0.1, 0.15) is 6.04 Å². The van der Waals surface area contributed by atoms with Gasteiger partial charge in [-0.05, 0) is 17.2 Å². The smallest absolute Gasteiger partial charge is 0.328 e. The van der Waals surface area contributed by atoms with E-state index < -0.39 is 12.0 Å². The van der Waals surface area contributed by atoms with E-state index in [0.717, 1.165) is 22.0 Å². The molecule has 0 saturated heterocycles. The maximum atomic E-state index is 12.4. The molecule has 2 N–H and O–H groups in total. The predicted molar refractivity (Wildman–Crippen MR) is 96.1 cm³/mol. The lowest BCUT2D eigenvalue weighted by Gasteiger charge is -2.16. The van der Waals surface area contributed by atoms with Gasteiger partial charge in [0, 0.05) is 23.5 Å². The highest BCUT2D eigenvalue weighted by Gasteiger charge is 2.22. The van der Waals surface area contributed by atoms with Gasteiger partial charge in [0.05, 0.1) is 13.5 Å². The number of benzene rings is 2. The van der Waals surface area contributed by atoms with Crippen molar-refractivity contribution in [2.24, 2.45) is 0 Å². The summed E-state index contributed by atoms with van der Waals surface area (Å²) in [4.78, 5) is 27.6. The Kier molecular flexibility index (Phi) is 5.14. The van der Waals surface area contributed by atoms with Crippen molar-refractivity contribution in [1.29, 1.82) is 0 Å². The third kappa shape index (κ3) is 4.07. The van der Waals surface area contributed by atoms with Gasteiger partial charge in [0.2, 0.25) is 5.91 Å². The number of H-pyrrole nitrogens is 1. The molecule has 0 bridgehead atoms. The van der Waals surface area contributed by atoms with Crippen LogP contribution in [-0.2, 0) is 27.2 Å². The average molecular weight is 336 g/mol. The molecular weight excluding hydrogens is 316 g/mol. The van der Waals surface area contributed by atoms with E-state index >= 15 is 0 Å². The molecule has 1 atom stereocenters. The fraction of sp³-hybridized carbons (Fsp3) is 0.200. The second-order valence-corrected chi connectivity index (χ2v) is 5.87. The number of aromatic amines is 1. The summed E-state index contributed by atoms with van der Waals surface area (Å²) in [5, 5.41) is 3.80. The zero-order chi connectivity index (χ0) is 17.6. The standard InChI is InChI=1S/C20H20N2O3/c1-25-20(24)18(11-14-7-3-2-4-8-14)22-19(23)12-15-13-21-17-10-6-5-9-16(15)17/h2-10,13,18,21H,11-12H2,1H3,(H,22,23). The van der Waals surface area contributed by atoms with Crippen LogP contribution in [-0.4, -0.2) is 30.0 Å². The number of esters is 1. The Hall–Kier alpha value is -3.08. The third-order valence-corrected chi connectivity index (χ3v) is 4.13. The fourth-order valence-electron chi connectivity index (χ4n) is 2.88. The highest BCUT2D eigenvalue weighted by Crippen LogP contribution is 2.18. The summed E-state index contributed by atoms with van der Waals surface area (Å²) >= 11 is 0. The number of hydrogen-bond donors (Lipinski definition) is 2. The number of ether oxygens (including phenoxy) is 1. The van der Waals surface area contributed by atoms with E-state index in [4.69, 9.17) is 4.74 Å². The molecule has 25 heavy (non-hydrogen) atoms. The number of methoxy groups -OCH3 is 1. The molecular formula is C20H20N2O3. The zero-order valence-electron chi connectivity index (χ0n) is 14.0. The minimum absolute atomic E-state index is 0.201. The number of nitrogens with one attached hydrogen (secondary N) is 2. The quantitative estimate of drug-likeness (QED) is 0.680. The Bertz CT molecular complexity index is 871. The molecule has 1 unspecified atom stereocenters. The molecule has 0 fully saturated rings. The van der Waals surface area contributed by atoms with Crippen LogP contribution < -0.4 is 5.32 Å². The minimum Gasteiger partial charge on any atom is -0.467 e. The van der Waals surface area contributed by atoms with Crippen LogP contribution in [0.2, 0.25) is 0 Å². The normalized spacial score (nSPS) is 11.9. The number of para-hydroxylation sites is 1. The van der Waals surface area contributed by atoms with Crippen molar-refractivity contribution in [1.82, 2.24) is 10.3 Å². The Labute approximate surface area is 146 Å². The topological polar surface area (TPSA) is 71.2 Å². The maximum absolute atomic E-state index is 12.4. The van der Waals surface area contributed by atoms with E-state index in [-0.39, 0.29) is 12.3 Å². The number of hydrogen-bond acceptors (Lipinski definition) is 3. The van der Waals surface area contributed by atoms with Crippen LogP contribution >= 0.6 is 0 Å². The summed E-state index contributed by atoms with van der Waals surface area (Å²) in [5.41, 5.74) is 2.85. The van der Waals surface area contributed by atoms with E-state index in [9.17, 15) is 9.59 Å². The summed E-state index contributed by atoms with van der Waals surface area (Å²) in [6.07, 6.45) is 2.42. The molecule has 3 rings (SSSR count). The summed E-state index contributed by atoms with van der Waals surface area (Å²) in [6, 6.07) is 16.6. The van der Waals surface area contributed by atoms with Crippen molar-refractivity contribution >= 4 is 22.8 Å². The SMILES string of the molecule is COC(=O)C(Cc1ccccc1)NC(=O)Cc1c[nH]c2ccccc12. The number of carbonyl (C=O) groups excluding carboxylic acids is 2. The largest absolute Gasteiger partial charge is 0.467 e. The molecule has 0 aliphatic rings. The minimum atomic E-state index is -0.704. The van der Waals surface area contributed by atoms with Gasteiger partial charge >= 0.3 is 5.97 Å². The van der Waals surface area contributed by atoms with Gasteiger partial charge in [0.25, 0.3) is 0 Å². The molecule has 5 heteroatoms. The lowest BCUT2D eigenvalue weighted by molar-refractivity contribution is -0.145. The fourth-order valence-corrected chi connectivity index (χ4v) is 2.88. The molecule has 5 nitrogen and oxygen atoms in total. The zero-order valence-corrected chi connectivity index (χ0v) is 14.0. The van der Waals surface area contributed by atoms with Crippen molar-refractivity contribution in [2.75, 3.05) is 7.11 Å². The average Bonchev–Trinajstić information content (AvgIpc) is 3.04. The molecule has 0 aliphatic carbocycles. The molecule has 1 amide bonds. The van der Waals surface area contributed by atoms with E-state index in [1.807, 2.05) is 60.8 Å². The van der Waals surface area contributed by atoms with Gasteiger partial charge in [-0.1, -0.05) is 48.5 Å².